The second-order valence-electron chi connectivity index (χ2n) is 5.31. The lowest BCUT2D eigenvalue weighted by Gasteiger charge is -2.27. The van der Waals surface area contributed by atoms with Crippen LogP contribution in [-0.2, 0) is 9.84 Å². The van der Waals surface area contributed by atoms with Crippen LogP contribution in [0.3, 0.4) is 0 Å². The SMILES string of the molecule is CC(C)(CNCC1CCCCN1)S(C)(=O)=O. The molecule has 0 radical (unpaired) electrons. The minimum absolute atomic E-state index is 0.504. The van der Waals surface area contributed by atoms with E-state index in [-0.39, 0.29) is 0 Å². The fourth-order valence-electron chi connectivity index (χ4n) is 1.78. The lowest BCUT2D eigenvalue weighted by atomic mass is 10.0. The van der Waals surface area contributed by atoms with E-state index in [9.17, 15) is 8.42 Å². The topological polar surface area (TPSA) is 58.2 Å². The summed E-state index contributed by atoms with van der Waals surface area (Å²) in [6.07, 6.45) is 5.01. The Balaban J connectivity index is 2.29. The Morgan fingerprint density at radius 3 is 2.56 bits per heavy atom. The monoisotopic (exact) mass is 248 g/mol. The first kappa shape index (κ1) is 13.9. The molecular formula is C11H24N2O2S. The Hall–Kier alpha value is -0.130. The first-order valence-electron chi connectivity index (χ1n) is 5.97. The predicted octanol–water partition coefficient (Wildman–Crippen LogP) is 0.541. The highest BCUT2D eigenvalue weighted by Gasteiger charge is 2.29. The van der Waals surface area contributed by atoms with Gasteiger partial charge in [-0.25, -0.2) is 8.42 Å². The van der Waals surface area contributed by atoms with Gasteiger partial charge in [0.1, 0.15) is 0 Å². The van der Waals surface area contributed by atoms with Crippen molar-refractivity contribution < 1.29 is 8.42 Å². The van der Waals surface area contributed by atoms with Crippen molar-refractivity contribution in [3.05, 3.63) is 0 Å². The smallest absolute Gasteiger partial charge is 0.153 e. The Morgan fingerprint density at radius 2 is 2.06 bits per heavy atom. The van der Waals surface area contributed by atoms with Crippen LogP contribution in [0.1, 0.15) is 33.1 Å². The molecule has 1 atom stereocenters. The van der Waals surface area contributed by atoms with Crippen LogP contribution in [0.4, 0.5) is 0 Å². The Kier molecular flexibility index (Phi) is 4.76. The second kappa shape index (κ2) is 5.47. The van der Waals surface area contributed by atoms with Crippen LogP contribution >= 0.6 is 0 Å². The van der Waals surface area contributed by atoms with Gasteiger partial charge in [-0.1, -0.05) is 6.42 Å². The predicted molar refractivity (Wildman–Crippen MR) is 67.4 cm³/mol. The standard InChI is InChI=1S/C11H24N2O2S/c1-11(2,16(3,14)15)9-12-8-10-6-4-5-7-13-10/h10,12-13H,4-9H2,1-3H3. The summed E-state index contributed by atoms with van der Waals surface area (Å²) in [5.74, 6) is 0. The molecule has 0 aromatic carbocycles. The number of hydrogen-bond acceptors (Lipinski definition) is 4. The fraction of sp³-hybridized carbons (Fsp3) is 1.00. The summed E-state index contributed by atoms with van der Waals surface area (Å²) in [4.78, 5) is 0. The summed E-state index contributed by atoms with van der Waals surface area (Å²) < 4.78 is 22.3. The van der Waals surface area contributed by atoms with Gasteiger partial charge in [-0.15, -0.1) is 0 Å². The van der Waals surface area contributed by atoms with E-state index in [2.05, 4.69) is 10.6 Å². The average molecular weight is 248 g/mol. The Labute approximate surface area is 99.1 Å². The molecule has 0 aliphatic carbocycles. The molecule has 96 valence electrons. The number of rotatable bonds is 5. The van der Waals surface area contributed by atoms with Gasteiger partial charge in [0, 0.05) is 25.4 Å². The van der Waals surface area contributed by atoms with Gasteiger partial charge in [0.25, 0.3) is 0 Å². The van der Waals surface area contributed by atoms with E-state index in [1.807, 2.05) is 0 Å². The maximum atomic E-state index is 11.5. The van der Waals surface area contributed by atoms with E-state index in [0.29, 0.717) is 12.6 Å². The van der Waals surface area contributed by atoms with Gasteiger partial charge in [-0.3, -0.25) is 0 Å². The summed E-state index contributed by atoms with van der Waals surface area (Å²) in [7, 11) is -2.99. The molecule has 1 aliphatic rings. The van der Waals surface area contributed by atoms with E-state index >= 15 is 0 Å². The van der Waals surface area contributed by atoms with Crippen molar-refractivity contribution in [2.45, 2.75) is 43.9 Å². The maximum absolute atomic E-state index is 11.5. The van der Waals surface area contributed by atoms with Crippen molar-refractivity contribution in [1.29, 1.82) is 0 Å². The van der Waals surface area contributed by atoms with Crippen LogP contribution in [0.2, 0.25) is 0 Å². The lowest BCUT2D eigenvalue weighted by Crippen LogP contribution is -2.47. The molecule has 5 heteroatoms. The summed E-state index contributed by atoms with van der Waals surface area (Å²) in [5.41, 5.74) is 0. The van der Waals surface area contributed by atoms with Crippen LogP contribution < -0.4 is 10.6 Å². The molecule has 0 aromatic heterocycles. The molecule has 1 rings (SSSR count). The summed E-state index contributed by atoms with van der Waals surface area (Å²) in [5, 5.41) is 6.69. The van der Waals surface area contributed by atoms with E-state index < -0.39 is 14.6 Å². The van der Waals surface area contributed by atoms with Crippen molar-refractivity contribution in [2.75, 3.05) is 25.9 Å². The van der Waals surface area contributed by atoms with Crippen molar-refractivity contribution in [1.82, 2.24) is 10.6 Å². The first-order chi connectivity index (χ1) is 7.33. The molecule has 1 unspecified atom stereocenters. The van der Waals surface area contributed by atoms with Gasteiger partial charge in [0.2, 0.25) is 0 Å². The van der Waals surface area contributed by atoms with E-state index in [1.54, 1.807) is 13.8 Å². The molecule has 2 N–H and O–H groups in total. The van der Waals surface area contributed by atoms with Gasteiger partial charge < -0.3 is 10.6 Å². The molecule has 0 amide bonds. The average Bonchev–Trinajstić information content (AvgIpc) is 2.17. The Bertz CT molecular complexity index is 306. The lowest BCUT2D eigenvalue weighted by molar-refractivity contribution is 0.377. The summed E-state index contributed by atoms with van der Waals surface area (Å²) in [6.45, 7) is 6.00. The van der Waals surface area contributed by atoms with Crippen molar-refractivity contribution in [3.8, 4) is 0 Å². The zero-order valence-corrected chi connectivity index (χ0v) is 11.4. The van der Waals surface area contributed by atoms with Gasteiger partial charge in [0.15, 0.2) is 9.84 Å². The first-order valence-corrected chi connectivity index (χ1v) is 7.86. The van der Waals surface area contributed by atoms with Gasteiger partial charge in [-0.2, -0.15) is 0 Å². The third-order valence-corrected chi connectivity index (χ3v) is 5.51. The molecule has 1 fully saturated rings. The molecule has 4 nitrogen and oxygen atoms in total. The van der Waals surface area contributed by atoms with Crippen LogP contribution in [0, 0.1) is 0 Å². The van der Waals surface area contributed by atoms with Crippen molar-refractivity contribution in [3.63, 3.8) is 0 Å². The molecule has 16 heavy (non-hydrogen) atoms. The van der Waals surface area contributed by atoms with Crippen LogP contribution in [0.25, 0.3) is 0 Å². The van der Waals surface area contributed by atoms with Crippen LogP contribution in [0.5, 0.6) is 0 Å². The maximum Gasteiger partial charge on any atom is 0.153 e. The van der Waals surface area contributed by atoms with Gasteiger partial charge in [-0.05, 0) is 33.2 Å². The van der Waals surface area contributed by atoms with E-state index in [1.165, 1.54) is 25.5 Å². The molecule has 0 spiro atoms. The quantitative estimate of drug-likeness (QED) is 0.745. The van der Waals surface area contributed by atoms with E-state index in [4.69, 9.17) is 0 Å². The molecule has 1 heterocycles. The minimum atomic E-state index is -2.99. The molecular weight excluding hydrogens is 224 g/mol. The number of hydrogen-bond donors (Lipinski definition) is 2. The number of nitrogens with one attached hydrogen (secondary N) is 2. The molecule has 0 saturated carbocycles. The highest BCUT2D eigenvalue weighted by atomic mass is 32.2. The largest absolute Gasteiger partial charge is 0.314 e. The Morgan fingerprint density at radius 1 is 1.38 bits per heavy atom. The third-order valence-electron chi connectivity index (χ3n) is 3.36. The summed E-state index contributed by atoms with van der Waals surface area (Å²) >= 11 is 0. The van der Waals surface area contributed by atoms with Crippen molar-refractivity contribution >= 4 is 9.84 Å². The van der Waals surface area contributed by atoms with Crippen LogP contribution in [0.15, 0.2) is 0 Å². The molecule has 0 aromatic rings. The van der Waals surface area contributed by atoms with Gasteiger partial charge in [0.05, 0.1) is 4.75 Å². The zero-order chi connectivity index (χ0) is 12.2. The van der Waals surface area contributed by atoms with Crippen molar-refractivity contribution in [2.24, 2.45) is 0 Å². The molecule has 1 saturated heterocycles. The normalized spacial score (nSPS) is 23.3. The van der Waals surface area contributed by atoms with Crippen LogP contribution in [-0.4, -0.2) is 45.1 Å². The summed E-state index contributed by atoms with van der Waals surface area (Å²) in [6, 6.07) is 0.504. The second-order valence-corrected chi connectivity index (χ2v) is 7.96. The molecule has 0 bridgehead atoms. The third kappa shape index (κ3) is 4.03. The number of piperidine rings is 1. The van der Waals surface area contributed by atoms with E-state index in [0.717, 1.165) is 13.1 Å². The highest BCUT2D eigenvalue weighted by Crippen LogP contribution is 2.13. The zero-order valence-electron chi connectivity index (χ0n) is 10.5. The highest BCUT2D eigenvalue weighted by molar-refractivity contribution is 7.92. The minimum Gasteiger partial charge on any atom is -0.314 e. The van der Waals surface area contributed by atoms with Gasteiger partial charge >= 0.3 is 0 Å². The fourth-order valence-corrected chi connectivity index (χ4v) is 2.14. The molecule has 1 aliphatic heterocycles. The number of sulfone groups is 1.